The summed E-state index contributed by atoms with van der Waals surface area (Å²) in [6.45, 7) is 6.42. The summed E-state index contributed by atoms with van der Waals surface area (Å²) < 4.78 is 22.8. The first-order valence-electron chi connectivity index (χ1n) is 9.51. The van der Waals surface area contributed by atoms with Gasteiger partial charge in [-0.2, -0.15) is 5.26 Å². The number of carbonyl (C=O) groups is 1. The molecule has 1 aliphatic rings. The number of anilines is 1. The maximum absolute atomic E-state index is 12.4. The van der Waals surface area contributed by atoms with E-state index in [1.807, 2.05) is 13.8 Å². The molecule has 12 heteroatoms. The van der Waals surface area contributed by atoms with Gasteiger partial charge in [-0.15, -0.1) is 0 Å². The fourth-order valence-corrected chi connectivity index (χ4v) is 3.89. The van der Waals surface area contributed by atoms with Crippen LogP contribution in [-0.2, 0) is 14.8 Å². The van der Waals surface area contributed by atoms with Gasteiger partial charge in [0.05, 0.1) is 15.9 Å². The number of amides is 1. The molecule has 1 amide bonds. The lowest BCUT2D eigenvalue weighted by atomic mass is 10.0. The molecule has 1 heterocycles. The average Bonchev–Trinajstić information content (AvgIpc) is 2.68. The van der Waals surface area contributed by atoms with Gasteiger partial charge >= 0.3 is 0 Å². The van der Waals surface area contributed by atoms with Gasteiger partial charge < -0.3 is 10.2 Å². The number of nitriles is 1. The van der Waals surface area contributed by atoms with Gasteiger partial charge in [-0.1, -0.05) is 13.8 Å². The van der Waals surface area contributed by atoms with Gasteiger partial charge in [-0.3, -0.25) is 19.8 Å². The first kappa shape index (κ1) is 23.5. The van der Waals surface area contributed by atoms with Crippen LogP contribution in [-0.4, -0.2) is 67.8 Å². The first-order valence-corrected chi connectivity index (χ1v) is 11.1. The number of primary sulfonamides is 1. The van der Waals surface area contributed by atoms with E-state index < -0.39 is 20.6 Å². The van der Waals surface area contributed by atoms with Gasteiger partial charge in [-0.25, -0.2) is 13.6 Å². The van der Waals surface area contributed by atoms with Gasteiger partial charge in [0, 0.05) is 45.2 Å². The zero-order valence-electron chi connectivity index (χ0n) is 16.9. The quantitative estimate of drug-likeness (QED) is 0.443. The highest BCUT2D eigenvalue weighted by molar-refractivity contribution is 7.89. The molecule has 11 nitrogen and oxygen atoms in total. The van der Waals surface area contributed by atoms with Gasteiger partial charge in [-0.05, 0) is 18.1 Å². The van der Waals surface area contributed by atoms with E-state index in [4.69, 9.17) is 5.14 Å². The van der Waals surface area contributed by atoms with Gasteiger partial charge in [0.2, 0.25) is 15.9 Å². The third-order valence-corrected chi connectivity index (χ3v) is 5.88. The smallest absolute Gasteiger partial charge is 0.293 e. The lowest BCUT2D eigenvalue weighted by molar-refractivity contribution is -0.384. The molecule has 2 rings (SSSR count). The van der Waals surface area contributed by atoms with Crippen LogP contribution in [0.1, 0.15) is 20.3 Å². The van der Waals surface area contributed by atoms with Gasteiger partial charge in [0.15, 0.2) is 0 Å². The minimum atomic E-state index is -4.06. The molecule has 1 aliphatic heterocycles. The zero-order chi connectivity index (χ0) is 22.5. The van der Waals surface area contributed by atoms with Gasteiger partial charge in [0.25, 0.3) is 5.69 Å². The molecule has 1 atom stereocenters. The van der Waals surface area contributed by atoms with Crippen molar-refractivity contribution in [3.63, 3.8) is 0 Å². The van der Waals surface area contributed by atoms with Crippen LogP contribution >= 0.6 is 0 Å². The monoisotopic (exact) mass is 438 g/mol. The normalized spacial score (nSPS) is 16.2. The van der Waals surface area contributed by atoms with E-state index in [2.05, 4.69) is 16.3 Å². The number of benzene rings is 1. The van der Waals surface area contributed by atoms with Crippen LogP contribution in [0.15, 0.2) is 23.1 Å². The summed E-state index contributed by atoms with van der Waals surface area (Å²) in [6.07, 6.45) is 0.125. The van der Waals surface area contributed by atoms with E-state index >= 15 is 0 Å². The van der Waals surface area contributed by atoms with Crippen LogP contribution in [0.4, 0.5) is 11.4 Å². The van der Waals surface area contributed by atoms with Crippen molar-refractivity contribution >= 4 is 27.3 Å². The number of nitrogens with one attached hydrogen (secondary N) is 1. The van der Waals surface area contributed by atoms with E-state index in [1.165, 1.54) is 12.1 Å². The Morgan fingerprint density at radius 2 is 1.97 bits per heavy atom. The number of nitrogens with two attached hydrogens (primary N) is 1. The Bertz CT molecular complexity index is 935. The molecular weight excluding hydrogens is 412 g/mol. The zero-order valence-corrected chi connectivity index (χ0v) is 17.8. The molecule has 3 N–H and O–H groups in total. The van der Waals surface area contributed by atoms with E-state index in [1.54, 1.807) is 4.90 Å². The molecule has 1 aromatic carbocycles. The second-order valence-corrected chi connectivity index (χ2v) is 8.95. The molecule has 164 valence electrons. The molecule has 0 saturated carbocycles. The number of nitrogens with zero attached hydrogens (tertiary/aromatic N) is 4. The summed E-state index contributed by atoms with van der Waals surface area (Å²) in [4.78, 5) is 26.4. The van der Waals surface area contributed by atoms with Crippen molar-refractivity contribution in [2.24, 2.45) is 11.1 Å². The van der Waals surface area contributed by atoms with Crippen molar-refractivity contribution in [2.45, 2.75) is 31.2 Å². The molecular formula is C18H26N6O5S. The molecule has 1 fully saturated rings. The Hall–Kier alpha value is -2.75. The third kappa shape index (κ3) is 5.88. The molecule has 1 aromatic rings. The van der Waals surface area contributed by atoms with E-state index in [0.717, 1.165) is 6.07 Å². The molecule has 0 aliphatic carbocycles. The number of nitro groups is 1. The van der Waals surface area contributed by atoms with Gasteiger partial charge in [0.1, 0.15) is 11.7 Å². The molecule has 0 radical (unpaired) electrons. The first-order chi connectivity index (χ1) is 14.0. The second kappa shape index (κ2) is 9.84. The summed E-state index contributed by atoms with van der Waals surface area (Å²) in [5.41, 5.74) is -0.322. The lowest BCUT2D eigenvalue weighted by Gasteiger charge is -2.38. The van der Waals surface area contributed by atoms with Crippen LogP contribution in [0.3, 0.4) is 0 Å². The Balaban J connectivity index is 1.91. The van der Waals surface area contributed by atoms with Crippen LogP contribution < -0.4 is 10.5 Å². The highest BCUT2D eigenvalue weighted by Crippen LogP contribution is 2.27. The van der Waals surface area contributed by atoms with Crippen molar-refractivity contribution in [3.05, 3.63) is 28.3 Å². The summed E-state index contributed by atoms with van der Waals surface area (Å²) in [5.74, 6) is 0.113. The Morgan fingerprint density at radius 3 is 2.47 bits per heavy atom. The third-order valence-electron chi connectivity index (χ3n) is 4.97. The minimum absolute atomic E-state index is 0.0935. The maximum Gasteiger partial charge on any atom is 0.293 e. The van der Waals surface area contributed by atoms with Crippen molar-refractivity contribution in [2.75, 3.05) is 38.0 Å². The molecule has 30 heavy (non-hydrogen) atoms. The standard InChI is InChI=1S/C18H26N6O5S/c1-13(2)17(12-19)22-7-9-23(10-8-22)18(25)5-6-21-15-4-3-14(30(20,28)29)11-16(15)24(26)27/h3-4,11,13,17,21H,5-10H2,1-2H3,(H2,20,28,29). The predicted molar refractivity (Wildman–Crippen MR) is 110 cm³/mol. The Morgan fingerprint density at radius 1 is 1.33 bits per heavy atom. The SMILES string of the molecule is CC(C)C(C#N)N1CCN(C(=O)CCNc2ccc(S(N)(=O)=O)cc2[N+](=O)[O-])CC1. The lowest BCUT2D eigenvalue weighted by Crippen LogP contribution is -2.53. The summed E-state index contributed by atoms with van der Waals surface area (Å²) >= 11 is 0. The molecule has 0 bridgehead atoms. The van der Waals surface area contributed by atoms with E-state index in [0.29, 0.717) is 26.2 Å². The summed E-state index contributed by atoms with van der Waals surface area (Å²) in [5, 5.41) is 28.4. The fraction of sp³-hybridized carbons (Fsp3) is 0.556. The minimum Gasteiger partial charge on any atom is -0.379 e. The summed E-state index contributed by atoms with van der Waals surface area (Å²) in [6, 6.07) is 5.45. The number of rotatable bonds is 8. The van der Waals surface area contributed by atoms with Crippen LogP contribution in [0.25, 0.3) is 0 Å². The van der Waals surface area contributed by atoms with E-state index in [9.17, 15) is 28.6 Å². The largest absolute Gasteiger partial charge is 0.379 e. The Kier molecular flexibility index (Phi) is 7.71. The number of nitro benzene ring substituents is 1. The van der Waals surface area contributed by atoms with Crippen molar-refractivity contribution in [1.82, 2.24) is 9.80 Å². The van der Waals surface area contributed by atoms with Crippen molar-refractivity contribution < 1.29 is 18.1 Å². The molecule has 1 unspecified atom stereocenters. The van der Waals surface area contributed by atoms with Crippen molar-refractivity contribution in [3.8, 4) is 6.07 Å². The Labute approximate surface area is 175 Å². The maximum atomic E-state index is 12.4. The van der Waals surface area contributed by atoms with Crippen LogP contribution in [0.5, 0.6) is 0 Å². The number of hydrogen-bond donors (Lipinski definition) is 2. The van der Waals surface area contributed by atoms with Crippen LogP contribution in [0.2, 0.25) is 0 Å². The molecule has 1 saturated heterocycles. The summed E-state index contributed by atoms with van der Waals surface area (Å²) in [7, 11) is -4.06. The van der Waals surface area contributed by atoms with E-state index in [-0.39, 0.29) is 41.4 Å². The average molecular weight is 439 g/mol. The van der Waals surface area contributed by atoms with Crippen LogP contribution in [0, 0.1) is 27.4 Å². The number of hydrogen-bond acceptors (Lipinski definition) is 8. The second-order valence-electron chi connectivity index (χ2n) is 7.39. The van der Waals surface area contributed by atoms with Crippen molar-refractivity contribution in [1.29, 1.82) is 5.26 Å². The highest BCUT2D eigenvalue weighted by Gasteiger charge is 2.27. The fourth-order valence-electron chi connectivity index (χ4n) is 3.35. The molecule has 0 aromatic heterocycles. The number of sulfonamides is 1. The number of piperazine rings is 1. The number of carbonyl (C=O) groups excluding carboxylic acids is 1. The predicted octanol–water partition coefficient (Wildman–Crippen LogP) is 0.737. The topological polar surface area (TPSA) is 163 Å². The molecule has 0 spiro atoms. The highest BCUT2D eigenvalue weighted by atomic mass is 32.2.